The van der Waals surface area contributed by atoms with Crippen LogP contribution in [0.3, 0.4) is 0 Å². The maximum absolute atomic E-state index is 5.87. The second-order valence-electron chi connectivity index (χ2n) is 5.40. The van der Waals surface area contributed by atoms with Crippen molar-refractivity contribution < 1.29 is 9.47 Å². The predicted octanol–water partition coefficient (Wildman–Crippen LogP) is 1.67. The molecule has 0 spiro atoms. The smallest absolute Gasteiger partial charge is 0.122 e. The maximum Gasteiger partial charge on any atom is 0.122 e. The fourth-order valence-corrected chi connectivity index (χ4v) is 2.54. The highest BCUT2D eigenvalue weighted by Crippen LogP contribution is 2.30. The van der Waals surface area contributed by atoms with Crippen molar-refractivity contribution in [3.63, 3.8) is 0 Å². The first kappa shape index (κ1) is 14.2. The van der Waals surface area contributed by atoms with Crippen molar-refractivity contribution in [3.8, 4) is 5.75 Å². The average Bonchev–Trinajstić information content (AvgIpc) is 2.41. The van der Waals surface area contributed by atoms with Crippen LogP contribution in [-0.2, 0) is 11.2 Å². The minimum absolute atomic E-state index is 0.126. The Balaban J connectivity index is 2.12. The molecular weight excluding hydrogens is 240 g/mol. The molecule has 2 N–H and O–H groups in total. The molecule has 0 radical (unpaired) electrons. The second kappa shape index (κ2) is 5.80. The highest BCUT2D eigenvalue weighted by atomic mass is 16.5. The van der Waals surface area contributed by atoms with Crippen LogP contribution in [0.5, 0.6) is 5.75 Å². The molecule has 19 heavy (non-hydrogen) atoms. The molecule has 1 aliphatic rings. The van der Waals surface area contributed by atoms with Gasteiger partial charge in [-0.05, 0) is 30.2 Å². The SMILES string of the molecule is CCc1cc(N(C)CC2(CN)COC2)ccc1OC. The molecule has 2 rings (SSSR count). The van der Waals surface area contributed by atoms with Gasteiger partial charge in [-0.1, -0.05) is 6.92 Å². The molecule has 1 saturated heterocycles. The van der Waals surface area contributed by atoms with Crippen molar-refractivity contribution >= 4 is 5.69 Å². The summed E-state index contributed by atoms with van der Waals surface area (Å²) in [5.41, 5.74) is 8.44. The molecule has 0 amide bonds. The Morgan fingerprint density at radius 1 is 1.42 bits per heavy atom. The van der Waals surface area contributed by atoms with E-state index in [0.29, 0.717) is 6.54 Å². The number of hydrogen-bond acceptors (Lipinski definition) is 4. The van der Waals surface area contributed by atoms with E-state index >= 15 is 0 Å². The van der Waals surface area contributed by atoms with Gasteiger partial charge < -0.3 is 20.1 Å². The van der Waals surface area contributed by atoms with Crippen LogP contribution < -0.4 is 15.4 Å². The van der Waals surface area contributed by atoms with Crippen molar-refractivity contribution in [1.29, 1.82) is 0 Å². The fraction of sp³-hybridized carbons (Fsp3) is 0.600. The first-order valence-electron chi connectivity index (χ1n) is 6.80. The van der Waals surface area contributed by atoms with Gasteiger partial charge in [0.25, 0.3) is 0 Å². The largest absolute Gasteiger partial charge is 0.496 e. The number of benzene rings is 1. The number of nitrogens with two attached hydrogens (primary N) is 1. The highest BCUT2D eigenvalue weighted by molar-refractivity contribution is 5.53. The van der Waals surface area contributed by atoms with E-state index in [4.69, 9.17) is 15.2 Å². The average molecular weight is 264 g/mol. The van der Waals surface area contributed by atoms with E-state index in [0.717, 1.165) is 31.9 Å². The van der Waals surface area contributed by atoms with Gasteiger partial charge in [0, 0.05) is 31.2 Å². The van der Waals surface area contributed by atoms with Crippen LogP contribution in [0.25, 0.3) is 0 Å². The van der Waals surface area contributed by atoms with Gasteiger partial charge in [0.2, 0.25) is 0 Å². The summed E-state index contributed by atoms with van der Waals surface area (Å²) in [6.07, 6.45) is 0.968. The van der Waals surface area contributed by atoms with Gasteiger partial charge >= 0.3 is 0 Å². The number of anilines is 1. The molecule has 1 aromatic carbocycles. The zero-order chi connectivity index (χ0) is 13.9. The number of nitrogens with zero attached hydrogens (tertiary/aromatic N) is 1. The van der Waals surface area contributed by atoms with Gasteiger partial charge in [0.15, 0.2) is 0 Å². The quantitative estimate of drug-likeness (QED) is 0.849. The summed E-state index contributed by atoms with van der Waals surface area (Å²) in [6, 6.07) is 6.33. The van der Waals surface area contributed by atoms with Gasteiger partial charge in [0.05, 0.1) is 20.3 Å². The van der Waals surface area contributed by atoms with Crippen LogP contribution in [0.1, 0.15) is 12.5 Å². The van der Waals surface area contributed by atoms with Crippen LogP contribution in [0, 0.1) is 5.41 Å². The molecule has 106 valence electrons. The number of hydrogen-bond donors (Lipinski definition) is 1. The van der Waals surface area contributed by atoms with E-state index in [1.165, 1.54) is 11.3 Å². The molecule has 1 aromatic rings. The molecule has 0 aliphatic carbocycles. The maximum atomic E-state index is 5.87. The third kappa shape index (κ3) is 2.85. The van der Waals surface area contributed by atoms with E-state index in [9.17, 15) is 0 Å². The van der Waals surface area contributed by atoms with E-state index in [-0.39, 0.29) is 5.41 Å². The number of aryl methyl sites for hydroxylation is 1. The van der Waals surface area contributed by atoms with Crippen LogP contribution in [0.2, 0.25) is 0 Å². The van der Waals surface area contributed by atoms with Crippen molar-refractivity contribution in [1.82, 2.24) is 0 Å². The van der Waals surface area contributed by atoms with Crippen LogP contribution in [-0.4, -0.2) is 40.5 Å². The first-order chi connectivity index (χ1) is 9.14. The zero-order valence-corrected chi connectivity index (χ0v) is 12.1. The normalized spacial score (nSPS) is 16.8. The molecule has 0 atom stereocenters. The molecular formula is C15H24N2O2. The molecule has 0 saturated carbocycles. The molecule has 0 bridgehead atoms. The van der Waals surface area contributed by atoms with Crippen molar-refractivity contribution in [2.24, 2.45) is 11.1 Å². The third-order valence-electron chi connectivity index (χ3n) is 3.91. The van der Waals surface area contributed by atoms with Crippen LogP contribution in [0.4, 0.5) is 5.69 Å². The summed E-state index contributed by atoms with van der Waals surface area (Å²) in [5, 5.41) is 0. The molecule has 0 unspecified atom stereocenters. The zero-order valence-electron chi connectivity index (χ0n) is 12.1. The van der Waals surface area contributed by atoms with E-state index in [1.807, 2.05) is 6.07 Å². The number of methoxy groups -OCH3 is 1. The lowest BCUT2D eigenvalue weighted by atomic mass is 9.85. The Morgan fingerprint density at radius 2 is 2.16 bits per heavy atom. The van der Waals surface area contributed by atoms with Crippen molar-refractivity contribution in [3.05, 3.63) is 23.8 Å². The molecule has 4 heteroatoms. The Morgan fingerprint density at radius 3 is 2.63 bits per heavy atom. The Bertz CT molecular complexity index is 425. The summed E-state index contributed by atoms with van der Waals surface area (Å²) in [6.45, 7) is 5.28. The summed E-state index contributed by atoms with van der Waals surface area (Å²) >= 11 is 0. The lowest BCUT2D eigenvalue weighted by molar-refractivity contribution is -0.101. The Labute approximate surface area is 115 Å². The van der Waals surface area contributed by atoms with E-state index in [1.54, 1.807) is 7.11 Å². The lowest BCUT2D eigenvalue weighted by Gasteiger charge is -2.43. The van der Waals surface area contributed by atoms with E-state index < -0.39 is 0 Å². The predicted molar refractivity (Wildman–Crippen MR) is 77.9 cm³/mol. The van der Waals surface area contributed by atoms with Crippen LogP contribution >= 0.6 is 0 Å². The first-order valence-corrected chi connectivity index (χ1v) is 6.80. The monoisotopic (exact) mass is 264 g/mol. The van der Waals surface area contributed by atoms with Gasteiger partial charge in [-0.2, -0.15) is 0 Å². The van der Waals surface area contributed by atoms with Gasteiger partial charge in [-0.3, -0.25) is 0 Å². The standard InChI is InChI=1S/C15H24N2O2/c1-4-12-7-13(5-6-14(12)18-3)17(2)9-15(8-16)10-19-11-15/h5-7H,4,8-11,16H2,1-3H3. The summed E-state index contributed by atoms with van der Waals surface area (Å²) in [7, 11) is 3.82. The number of rotatable bonds is 6. The molecule has 1 aliphatic heterocycles. The third-order valence-corrected chi connectivity index (χ3v) is 3.91. The van der Waals surface area contributed by atoms with Crippen molar-refractivity contribution in [2.75, 3.05) is 45.4 Å². The van der Waals surface area contributed by atoms with Gasteiger partial charge in [-0.25, -0.2) is 0 Å². The highest BCUT2D eigenvalue weighted by Gasteiger charge is 2.38. The summed E-state index contributed by atoms with van der Waals surface area (Å²) < 4.78 is 10.7. The summed E-state index contributed by atoms with van der Waals surface area (Å²) in [4.78, 5) is 2.26. The van der Waals surface area contributed by atoms with Gasteiger partial charge in [0.1, 0.15) is 5.75 Å². The topological polar surface area (TPSA) is 47.7 Å². The second-order valence-corrected chi connectivity index (χ2v) is 5.40. The van der Waals surface area contributed by atoms with E-state index in [2.05, 4.69) is 31.0 Å². The van der Waals surface area contributed by atoms with Crippen molar-refractivity contribution in [2.45, 2.75) is 13.3 Å². The Hall–Kier alpha value is -1.26. The molecule has 1 fully saturated rings. The summed E-state index contributed by atoms with van der Waals surface area (Å²) in [5.74, 6) is 0.958. The fourth-order valence-electron chi connectivity index (χ4n) is 2.54. The lowest BCUT2D eigenvalue weighted by Crippen LogP contribution is -2.54. The molecule has 0 aromatic heterocycles. The molecule has 4 nitrogen and oxygen atoms in total. The number of ether oxygens (including phenoxy) is 2. The minimum Gasteiger partial charge on any atom is -0.496 e. The van der Waals surface area contributed by atoms with Crippen LogP contribution in [0.15, 0.2) is 18.2 Å². The molecule has 1 heterocycles. The van der Waals surface area contributed by atoms with Gasteiger partial charge in [-0.15, -0.1) is 0 Å². The Kier molecular flexibility index (Phi) is 4.32. The minimum atomic E-state index is 0.126.